The second-order valence-electron chi connectivity index (χ2n) is 8.50. The molecule has 3 heterocycles. The number of nitrogens with zero attached hydrogens (tertiary/aromatic N) is 2. The molecule has 4 rings (SSSR count). The molecule has 0 radical (unpaired) electrons. The van der Waals surface area contributed by atoms with E-state index < -0.39 is 0 Å². The number of nitrogens with one attached hydrogen (secondary N) is 1. The van der Waals surface area contributed by atoms with Crippen molar-refractivity contribution in [2.24, 2.45) is 11.3 Å². The fourth-order valence-corrected chi connectivity index (χ4v) is 5.45. The zero-order valence-corrected chi connectivity index (χ0v) is 17.5. The van der Waals surface area contributed by atoms with Gasteiger partial charge in [-0.25, -0.2) is 4.79 Å². The van der Waals surface area contributed by atoms with Crippen molar-refractivity contribution in [1.29, 1.82) is 0 Å². The fourth-order valence-electron chi connectivity index (χ4n) is 4.79. The molecule has 1 aromatic rings. The number of hydrogen-bond acceptors (Lipinski definition) is 5. The highest BCUT2D eigenvalue weighted by Gasteiger charge is 2.58. The van der Waals surface area contributed by atoms with Gasteiger partial charge in [-0.3, -0.25) is 9.69 Å². The molecule has 0 aromatic carbocycles. The van der Waals surface area contributed by atoms with Gasteiger partial charge in [0.1, 0.15) is 0 Å². The SMILES string of the molecule is CCOC(=O)N1CCC(NC(=O)C2CC23CCN(Cc2ccsc2)CC3)CC1. The van der Waals surface area contributed by atoms with E-state index in [0.717, 1.165) is 51.7 Å². The van der Waals surface area contributed by atoms with Gasteiger partial charge in [0.25, 0.3) is 0 Å². The van der Waals surface area contributed by atoms with Gasteiger partial charge in [-0.05, 0) is 79.9 Å². The first-order valence-corrected chi connectivity index (χ1v) is 11.5. The number of carbonyl (C=O) groups is 2. The van der Waals surface area contributed by atoms with Crippen LogP contribution < -0.4 is 5.32 Å². The van der Waals surface area contributed by atoms with Crippen molar-refractivity contribution < 1.29 is 14.3 Å². The van der Waals surface area contributed by atoms with Gasteiger partial charge in [0.15, 0.2) is 0 Å². The molecule has 2 saturated heterocycles. The molecule has 1 spiro atoms. The summed E-state index contributed by atoms with van der Waals surface area (Å²) in [4.78, 5) is 28.8. The molecule has 1 N–H and O–H groups in total. The highest BCUT2D eigenvalue weighted by Crippen LogP contribution is 2.59. The highest BCUT2D eigenvalue weighted by molar-refractivity contribution is 7.07. The van der Waals surface area contributed by atoms with E-state index >= 15 is 0 Å². The van der Waals surface area contributed by atoms with Crippen LogP contribution in [0.3, 0.4) is 0 Å². The molecule has 1 aromatic heterocycles. The summed E-state index contributed by atoms with van der Waals surface area (Å²) in [6.45, 7) is 6.78. The predicted octanol–water partition coefficient (Wildman–Crippen LogP) is 3.09. The van der Waals surface area contributed by atoms with Crippen LogP contribution in [-0.4, -0.2) is 60.6 Å². The van der Waals surface area contributed by atoms with Gasteiger partial charge >= 0.3 is 6.09 Å². The third kappa shape index (κ3) is 4.35. The van der Waals surface area contributed by atoms with E-state index in [1.54, 1.807) is 16.2 Å². The summed E-state index contributed by atoms with van der Waals surface area (Å²) in [7, 11) is 0. The molecule has 28 heavy (non-hydrogen) atoms. The third-order valence-corrected chi connectivity index (χ3v) is 7.44. The van der Waals surface area contributed by atoms with Crippen molar-refractivity contribution in [3.63, 3.8) is 0 Å². The molecule has 154 valence electrons. The van der Waals surface area contributed by atoms with Crippen LogP contribution in [0.1, 0.15) is 44.6 Å². The lowest BCUT2D eigenvalue weighted by Gasteiger charge is -2.33. The summed E-state index contributed by atoms with van der Waals surface area (Å²) in [6.07, 6.45) is 4.72. The molecular weight excluding hydrogens is 374 g/mol. The molecular formula is C21H31N3O3S. The van der Waals surface area contributed by atoms with Crippen molar-refractivity contribution >= 4 is 23.3 Å². The average Bonchev–Trinajstić information content (AvgIpc) is 3.15. The number of piperidine rings is 2. The van der Waals surface area contributed by atoms with Gasteiger partial charge in [0.2, 0.25) is 5.91 Å². The van der Waals surface area contributed by atoms with Crippen LogP contribution in [0.5, 0.6) is 0 Å². The first-order chi connectivity index (χ1) is 13.6. The molecule has 2 amide bonds. The van der Waals surface area contributed by atoms with Gasteiger partial charge in [0, 0.05) is 31.6 Å². The van der Waals surface area contributed by atoms with Crippen LogP contribution in [0, 0.1) is 11.3 Å². The number of ether oxygens (including phenoxy) is 1. The molecule has 1 aliphatic carbocycles. The smallest absolute Gasteiger partial charge is 0.409 e. The molecule has 0 bridgehead atoms. The molecule has 1 saturated carbocycles. The Morgan fingerprint density at radius 2 is 2.00 bits per heavy atom. The standard InChI is InChI=1S/C21H31N3O3S/c1-2-27-20(26)24-8-3-17(4-9-24)22-19(25)18-13-21(18)6-10-23(11-7-21)14-16-5-12-28-15-16/h5,12,15,17-18H,2-4,6-11,13-14H2,1H3,(H,22,25). The fraction of sp³-hybridized carbons (Fsp3) is 0.714. The normalized spacial score (nSPS) is 24.9. The van der Waals surface area contributed by atoms with Crippen molar-refractivity contribution in [3.05, 3.63) is 22.4 Å². The third-order valence-electron chi connectivity index (χ3n) is 6.71. The molecule has 1 unspecified atom stereocenters. The molecule has 3 aliphatic rings. The summed E-state index contributed by atoms with van der Waals surface area (Å²) in [5.74, 6) is 0.430. The van der Waals surface area contributed by atoms with E-state index in [9.17, 15) is 9.59 Å². The zero-order valence-electron chi connectivity index (χ0n) is 16.7. The van der Waals surface area contributed by atoms with Crippen LogP contribution in [0.25, 0.3) is 0 Å². The van der Waals surface area contributed by atoms with Crippen molar-refractivity contribution in [2.45, 2.75) is 51.6 Å². The lowest BCUT2D eigenvalue weighted by molar-refractivity contribution is -0.124. The van der Waals surface area contributed by atoms with E-state index in [-0.39, 0.29) is 29.4 Å². The van der Waals surface area contributed by atoms with Crippen LogP contribution in [0.4, 0.5) is 4.79 Å². The Balaban J connectivity index is 1.19. The summed E-state index contributed by atoms with van der Waals surface area (Å²) < 4.78 is 5.06. The monoisotopic (exact) mass is 405 g/mol. The van der Waals surface area contributed by atoms with Crippen molar-refractivity contribution in [3.8, 4) is 0 Å². The first-order valence-electron chi connectivity index (χ1n) is 10.5. The summed E-state index contributed by atoms with van der Waals surface area (Å²) in [5, 5.41) is 7.63. The van der Waals surface area contributed by atoms with Gasteiger partial charge in [-0.15, -0.1) is 0 Å². The Bertz CT molecular complexity index is 677. The first kappa shape index (κ1) is 19.7. The minimum absolute atomic E-state index is 0.189. The number of rotatable bonds is 5. The maximum Gasteiger partial charge on any atom is 0.409 e. The van der Waals surface area contributed by atoms with Crippen LogP contribution in [0.15, 0.2) is 16.8 Å². The molecule has 2 aliphatic heterocycles. The number of carbonyl (C=O) groups excluding carboxylic acids is 2. The number of amides is 2. The quantitative estimate of drug-likeness (QED) is 0.818. The van der Waals surface area contributed by atoms with Gasteiger partial charge < -0.3 is 15.0 Å². The van der Waals surface area contributed by atoms with Crippen molar-refractivity contribution in [1.82, 2.24) is 15.1 Å². The summed E-state index contributed by atoms with van der Waals surface area (Å²) in [5.41, 5.74) is 1.65. The van der Waals surface area contributed by atoms with Gasteiger partial charge in [-0.2, -0.15) is 11.3 Å². The second kappa shape index (κ2) is 8.41. The van der Waals surface area contributed by atoms with Crippen molar-refractivity contribution in [2.75, 3.05) is 32.8 Å². The zero-order chi connectivity index (χ0) is 19.6. The lowest BCUT2D eigenvalue weighted by Crippen LogP contribution is -2.47. The van der Waals surface area contributed by atoms with E-state index in [4.69, 9.17) is 4.74 Å². The molecule has 6 nitrogen and oxygen atoms in total. The topological polar surface area (TPSA) is 61.9 Å². The van der Waals surface area contributed by atoms with E-state index in [0.29, 0.717) is 19.7 Å². The van der Waals surface area contributed by atoms with Crippen LogP contribution >= 0.6 is 11.3 Å². The van der Waals surface area contributed by atoms with Gasteiger partial charge in [0.05, 0.1) is 6.61 Å². The molecule has 7 heteroatoms. The average molecular weight is 406 g/mol. The summed E-state index contributed by atoms with van der Waals surface area (Å²) in [6, 6.07) is 2.39. The predicted molar refractivity (Wildman–Crippen MR) is 109 cm³/mol. The minimum Gasteiger partial charge on any atom is -0.450 e. The van der Waals surface area contributed by atoms with Gasteiger partial charge in [-0.1, -0.05) is 0 Å². The Kier molecular flexibility index (Phi) is 5.92. The van der Waals surface area contributed by atoms with Crippen LogP contribution in [0.2, 0.25) is 0 Å². The maximum absolute atomic E-state index is 12.8. The Morgan fingerprint density at radius 3 is 2.64 bits per heavy atom. The number of likely N-dealkylation sites (tertiary alicyclic amines) is 2. The van der Waals surface area contributed by atoms with E-state index in [2.05, 4.69) is 27.0 Å². The van der Waals surface area contributed by atoms with Crippen LogP contribution in [-0.2, 0) is 16.1 Å². The molecule has 3 fully saturated rings. The molecule has 1 atom stereocenters. The second-order valence-corrected chi connectivity index (χ2v) is 9.28. The Hall–Kier alpha value is -1.60. The number of thiophene rings is 1. The Morgan fingerprint density at radius 1 is 1.25 bits per heavy atom. The minimum atomic E-state index is -0.234. The lowest BCUT2D eigenvalue weighted by atomic mass is 9.90. The van der Waals surface area contributed by atoms with E-state index in [1.165, 1.54) is 5.56 Å². The summed E-state index contributed by atoms with van der Waals surface area (Å²) >= 11 is 1.76. The largest absolute Gasteiger partial charge is 0.450 e. The maximum atomic E-state index is 12.8. The van der Waals surface area contributed by atoms with E-state index in [1.807, 2.05) is 6.92 Å². The highest BCUT2D eigenvalue weighted by atomic mass is 32.1. The Labute approximate surface area is 171 Å². The number of hydrogen-bond donors (Lipinski definition) is 1.